The maximum Gasteiger partial charge on any atom is 0.190 e. The van der Waals surface area contributed by atoms with Crippen LogP contribution in [0.5, 0.6) is 0 Å². The van der Waals surface area contributed by atoms with Crippen molar-refractivity contribution in [2.24, 2.45) is 4.99 Å². The van der Waals surface area contributed by atoms with Crippen LogP contribution in [0, 0.1) is 5.82 Å². The van der Waals surface area contributed by atoms with Gasteiger partial charge in [-0.2, -0.15) is 0 Å². The van der Waals surface area contributed by atoms with Crippen molar-refractivity contribution < 1.29 is 9.13 Å². The molecular weight excluding hydrogens is 351 g/mol. The van der Waals surface area contributed by atoms with Crippen LogP contribution in [0.25, 0.3) is 0 Å². The number of nitrogens with zero attached hydrogens (tertiary/aromatic N) is 2. The lowest BCUT2D eigenvalue weighted by Gasteiger charge is -2.26. The average molecular weight is 383 g/mol. The van der Waals surface area contributed by atoms with Gasteiger partial charge >= 0.3 is 0 Å². The van der Waals surface area contributed by atoms with Crippen LogP contribution in [-0.4, -0.2) is 69.6 Å². The number of morpholine rings is 1. The molecule has 146 valence electrons. The Labute approximate surface area is 160 Å². The van der Waals surface area contributed by atoms with E-state index in [4.69, 9.17) is 4.74 Å². The highest BCUT2D eigenvalue weighted by molar-refractivity contribution is 7.99. The molecule has 0 amide bonds. The first kappa shape index (κ1) is 21.0. The highest BCUT2D eigenvalue weighted by Crippen LogP contribution is 2.18. The van der Waals surface area contributed by atoms with E-state index in [1.54, 1.807) is 18.8 Å². The fourth-order valence-electron chi connectivity index (χ4n) is 2.71. The van der Waals surface area contributed by atoms with Crippen molar-refractivity contribution in [1.82, 2.24) is 15.5 Å². The molecule has 0 spiro atoms. The SMILES string of the molecule is CN=C(NCCCCN1CCOCC1)NCCCSc1ccc(F)cc1. The van der Waals surface area contributed by atoms with Crippen LogP contribution in [0.3, 0.4) is 0 Å². The number of halogens is 1. The van der Waals surface area contributed by atoms with Gasteiger partial charge in [0.15, 0.2) is 5.96 Å². The van der Waals surface area contributed by atoms with E-state index in [-0.39, 0.29) is 5.82 Å². The second-order valence-corrected chi connectivity index (χ2v) is 7.41. The van der Waals surface area contributed by atoms with Gasteiger partial charge in [0.2, 0.25) is 0 Å². The van der Waals surface area contributed by atoms with Gasteiger partial charge in [0.25, 0.3) is 0 Å². The Morgan fingerprint density at radius 3 is 2.50 bits per heavy atom. The van der Waals surface area contributed by atoms with Gasteiger partial charge in [0.05, 0.1) is 13.2 Å². The summed E-state index contributed by atoms with van der Waals surface area (Å²) in [7, 11) is 1.80. The Hall–Kier alpha value is -1.31. The second-order valence-electron chi connectivity index (χ2n) is 6.24. The minimum atomic E-state index is -0.184. The molecular formula is C19H31FN4OS. The minimum Gasteiger partial charge on any atom is -0.379 e. The van der Waals surface area contributed by atoms with Crippen LogP contribution < -0.4 is 10.6 Å². The van der Waals surface area contributed by atoms with E-state index in [2.05, 4.69) is 20.5 Å². The number of nitrogens with one attached hydrogen (secondary N) is 2. The van der Waals surface area contributed by atoms with Crippen molar-refractivity contribution in [1.29, 1.82) is 0 Å². The zero-order chi connectivity index (χ0) is 18.5. The van der Waals surface area contributed by atoms with E-state index >= 15 is 0 Å². The van der Waals surface area contributed by atoms with Gasteiger partial charge in [-0.05, 0) is 55.8 Å². The summed E-state index contributed by atoms with van der Waals surface area (Å²) in [5.74, 6) is 1.67. The van der Waals surface area contributed by atoms with Crippen molar-refractivity contribution in [3.05, 3.63) is 30.1 Å². The highest BCUT2D eigenvalue weighted by Gasteiger charge is 2.09. The Bertz CT molecular complexity index is 521. The topological polar surface area (TPSA) is 48.9 Å². The first-order valence-corrected chi connectivity index (χ1v) is 10.4. The van der Waals surface area contributed by atoms with Gasteiger partial charge in [-0.15, -0.1) is 11.8 Å². The lowest BCUT2D eigenvalue weighted by atomic mass is 10.3. The molecule has 1 aromatic carbocycles. The molecule has 1 fully saturated rings. The monoisotopic (exact) mass is 382 g/mol. The molecule has 1 aliphatic rings. The Morgan fingerprint density at radius 2 is 1.81 bits per heavy atom. The van der Waals surface area contributed by atoms with Gasteiger partial charge in [-0.3, -0.25) is 9.89 Å². The predicted molar refractivity (Wildman–Crippen MR) is 108 cm³/mol. The van der Waals surface area contributed by atoms with Gasteiger partial charge in [-0.25, -0.2) is 4.39 Å². The predicted octanol–water partition coefficient (Wildman–Crippen LogP) is 2.59. The van der Waals surface area contributed by atoms with Gasteiger partial charge in [0, 0.05) is 38.1 Å². The third-order valence-electron chi connectivity index (χ3n) is 4.22. The van der Waals surface area contributed by atoms with Gasteiger partial charge in [0.1, 0.15) is 5.82 Å². The van der Waals surface area contributed by atoms with Gasteiger partial charge < -0.3 is 15.4 Å². The van der Waals surface area contributed by atoms with E-state index in [1.807, 2.05) is 12.1 Å². The summed E-state index contributed by atoms with van der Waals surface area (Å²) in [6, 6.07) is 6.66. The summed E-state index contributed by atoms with van der Waals surface area (Å²) in [5.41, 5.74) is 0. The summed E-state index contributed by atoms with van der Waals surface area (Å²) in [6.07, 6.45) is 3.36. The van der Waals surface area contributed by atoms with Crippen LogP contribution in [-0.2, 0) is 4.74 Å². The summed E-state index contributed by atoms with van der Waals surface area (Å²) in [4.78, 5) is 7.83. The zero-order valence-electron chi connectivity index (χ0n) is 15.7. The maximum absolute atomic E-state index is 12.9. The van der Waals surface area contributed by atoms with Crippen molar-refractivity contribution in [2.45, 2.75) is 24.2 Å². The number of rotatable bonds is 10. The van der Waals surface area contributed by atoms with E-state index in [9.17, 15) is 4.39 Å². The van der Waals surface area contributed by atoms with Crippen LogP contribution in [0.1, 0.15) is 19.3 Å². The molecule has 1 saturated heterocycles. The largest absolute Gasteiger partial charge is 0.379 e. The number of ether oxygens (including phenoxy) is 1. The number of thioether (sulfide) groups is 1. The molecule has 0 atom stereocenters. The van der Waals surface area contributed by atoms with E-state index in [0.29, 0.717) is 0 Å². The van der Waals surface area contributed by atoms with Crippen molar-refractivity contribution in [3.8, 4) is 0 Å². The lowest BCUT2D eigenvalue weighted by molar-refractivity contribution is 0.0372. The Morgan fingerprint density at radius 1 is 1.12 bits per heavy atom. The summed E-state index contributed by atoms with van der Waals surface area (Å²) >= 11 is 1.75. The molecule has 0 bridgehead atoms. The highest BCUT2D eigenvalue weighted by atomic mass is 32.2. The van der Waals surface area contributed by atoms with Gasteiger partial charge in [-0.1, -0.05) is 0 Å². The Kier molecular flexibility index (Phi) is 10.5. The molecule has 2 N–H and O–H groups in total. The summed E-state index contributed by atoms with van der Waals surface area (Å²) < 4.78 is 18.2. The fraction of sp³-hybridized carbons (Fsp3) is 0.632. The summed E-state index contributed by atoms with van der Waals surface area (Å²) in [5, 5.41) is 6.71. The number of guanidine groups is 1. The normalized spacial score (nSPS) is 15.8. The number of aliphatic imine (C=N–C) groups is 1. The fourth-order valence-corrected chi connectivity index (χ4v) is 3.57. The molecule has 0 aromatic heterocycles. The quantitative estimate of drug-likeness (QED) is 0.282. The number of hydrogen-bond acceptors (Lipinski definition) is 4. The first-order chi connectivity index (χ1) is 12.8. The minimum absolute atomic E-state index is 0.184. The second kappa shape index (κ2) is 12.9. The molecule has 1 aliphatic heterocycles. The number of benzene rings is 1. The molecule has 26 heavy (non-hydrogen) atoms. The molecule has 0 radical (unpaired) electrons. The maximum atomic E-state index is 12.9. The number of hydrogen-bond donors (Lipinski definition) is 2. The molecule has 5 nitrogen and oxygen atoms in total. The van der Waals surface area contributed by atoms with Crippen molar-refractivity contribution in [3.63, 3.8) is 0 Å². The van der Waals surface area contributed by atoms with E-state index in [1.165, 1.54) is 18.6 Å². The third-order valence-corrected chi connectivity index (χ3v) is 5.32. The van der Waals surface area contributed by atoms with E-state index in [0.717, 1.165) is 75.4 Å². The molecule has 1 heterocycles. The van der Waals surface area contributed by atoms with Crippen LogP contribution in [0.2, 0.25) is 0 Å². The van der Waals surface area contributed by atoms with Crippen LogP contribution in [0.15, 0.2) is 34.2 Å². The molecule has 0 unspecified atom stereocenters. The Balaban J connectivity index is 1.46. The third kappa shape index (κ3) is 8.87. The first-order valence-electron chi connectivity index (χ1n) is 9.41. The van der Waals surface area contributed by atoms with Crippen molar-refractivity contribution >= 4 is 17.7 Å². The molecule has 0 aliphatic carbocycles. The summed E-state index contributed by atoms with van der Waals surface area (Å²) in [6.45, 7) is 6.83. The van der Waals surface area contributed by atoms with Crippen LogP contribution in [0.4, 0.5) is 4.39 Å². The smallest absolute Gasteiger partial charge is 0.190 e. The molecule has 2 rings (SSSR count). The number of unbranched alkanes of at least 4 members (excludes halogenated alkanes) is 1. The standard InChI is InChI=1S/C19H31FN4OS/c1-21-19(22-9-2-3-11-24-12-14-25-15-13-24)23-10-4-16-26-18-7-5-17(20)6-8-18/h5-8H,2-4,9-16H2,1H3,(H2,21,22,23). The van der Waals surface area contributed by atoms with Crippen molar-refractivity contribution in [2.75, 3.05) is 58.7 Å². The molecule has 1 aromatic rings. The molecule has 0 saturated carbocycles. The van der Waals surface area contributed by atoms with E-state index < -0.39 is 0 Å². The average Bonchev–Trinajstić information content (AvgIpc) is 2.68. The zero-order valence-corrected chi connectivity index (χ0v) is 16.5. The van der Waals surface area contributed by atoms with Crippen LogP contribution >= 0.6 is 11.8 Å². The lowest BCUT2D eigenvalue weighted by Crippen LogP contribution is -2.39. The molecule has 7 heteroatoms.